The minimum absolute atomic E-state index is 0.0880. The molecule has 4 aromatic rings. The Balaban J connectivity index is 1.50. The fourth-order valence-electron chi connectivity index (χ4n) is 4.32. The quantitative estimate of drug-likeness (QED) is 0.163. The number of nitrogens with zero attached hydrogens (tertiary/aromatic N) is 4. The van der Waals surface area contributed by atoms with Gasteiger partial charge in [-0.2, -0.15) is 5.10 Å². The smallest absolute Gasteiger partial charge is 0.407 e. The van der Waals surface area contributed by atoms with Crippen LogP contribution in [0.25, 0.3) is 11.0 Å². The number of aryl methyl sites for hydroxylation is 3. The first kappa shape index (κ1) is 30.0. The van der Waals surface area contributed by atoms with Gasteiger partial charge in [-0.25, -0.2) is 14.6 Å². The van der Waals surface area contributed by atoms with E-state index < -0.39 is 23.9 Å². The molecule has 0 aliphatic carbocycles. The molecule has 0 radical (unpaired) electrons. The second-order valence-corrected chi connectivity index (χ2v) is 9.98. The Bertz CT molecular complexity index is 1640. The summed E-state index contributed by atoms with van der Waals surface area (Å²) in [6, 6.07) is 6.40. The van der Waals surface area contributed by atoms with Crippen molar-refractivity contribution in [3.05, 3.63) is 57.0 Å². The van der Waals surface area contributed by atoms with Crippen LogP contribution in [0.3, 0.4) is 0 Å². The molecule has 1 aromatic carbocycles. The van der Waals surface area contributed by atoms with Crippen LogP contribution in [-0.2, 0) is 29.2 Å². The largest absolute Gasteiger partial charge is 0.494 e. The van der Waals surface area contributed by atoms with E-state index in [0.717, 1.165) is 0 Å². The van der Waals surface area contributed by atoms with Gasteiger partial charge in [0.25, 0.3) is 5.91 Å². The molecule has 0 aliphatic heterocycles. The first-order valence-electron chi connectivity index (χ1n) is 13.0. The number of imidazole rings is 1. The van der Waals surface area contributed by atoms with Crippen LogP contribution in [0.2, 0.25) is 0 Å². The summed E-state index contributed by atoms with van der Waals surface area (Å²) in [5.74, 6) is -1.00. The van der Waals surface area contributed by atoms with Crippen molar-refractivity contribution in [2.45, 2.75) is 40.0 Å². The van der Waals surface area contributed by atoms with Crippen LogP contribution in [0.5, 0.6) is 5.75 Å². The lowest BCUT2D eigenvalue weighted by Crippen LogP contribution is -2.26. The Hall–Kier alpha value is -4.92. The van der Waals surface area contributed by atoms with E-state index in [2.05, 4.69) is 20.7 Å². The number of esters is 1. The summed E-state index contributed by atoms with van der Waals surface area (Å²) in [6.45, 7) is 4.62. The standard InChI is InChI=1S/C27H31N7O7S/c1-5-34-19(11-15(2)32-34)24(36)31-26-30-18-12-17(23(28)35)13-20(39-3)21(18)33(26)9-6-8-29-27(38)41-14-16-7-10-42-22(16)25(37)40-4/h7,10-13H,5-6,8-9,14H2,1-4H3,(H2,28,35)(H,29,38)(H,30,31,36). The minimum Gasteiger partial charge on any atom is -0.494 e. The fourth-order valence-corrected chi connectivity index (χ4v) is 5.15. The number of carbonyl (C=O) groups excluding carboxylic acids is 4. The summed E-state index contributed by atoms with van der Waals surface area (Å²) in [6.07, 6.45) is -0.241. The number of fused-ring (bicyclic) bond motifs is 1. The number of methoxy groups -OCH3 is 2. The van der Waals surface area contributed by atoms with Crippen LogP contribution < -0.4 is 21.1 Å². The molecule has 0 atom stereocenters. The Morgan fingerprint density at radius 3 is 2.62 bits per heavy atom. The van der Waals surface area contributed by atoms with E-state index in [4.69, 9.17) is 19.9 Å². The number of ether oxygens (including phenoxy) is 3. The van der Waals surface area contributed by atoms with Gasteiger partial charge in [-0.15, -0.1) is 11.3 Å². The van der Waals surface area contributed by atoms with E-state index in [1.807, 2.05) is 6.92 Å². The molecule has 0 bridgehead atoms. The van der Waals surface area contributed by atoms with Crippen molar-refractivity contribution in [1.82, 2.24) is 24.6 Å². The van der Waals surface area contributed by atoms with Crippen LogP contribution in [0.1, 0.15) is 55.1 Å². The van der Waals surface area contributed by atoms with E-state index in [0.29, 0.717) is 58.1 Å². The fraction of sp³-hybridized carbons (Fsp3) is 0.333. The van der Waals surface area contributed by atoms with Gasteiger partial charge in [-0.05, 0) is 49.9 Å². The molecule has 4 rings (SSSR count). The van der Waals surface area contributed by atoms with Gasteiger partial charge < -0.3 is 29.8 Å². The van der Waals surface area contributed by atoms with Crippen molar-refractivity contribution in [2.75, 3.05) is 26.1 Å². The van der Waals surface area contributed by atoms with Gasteiger partial charge in [0.1, 0.15) is 28.4 Å². The number of alkyl carbamates (subject to hydrolysis) is 1. The second-order valence-electron chi connectivity index (χ2n) is 9.06. The maximum atomic E-state index is 13.2. The lowest BCUT2D eigenvalue weighted by molar-refractivity contribution is 0.0601. The summed E-state index contributed by atoms with van der Waals surface area (Å²) >= 11 is 1.20. The molecular formula is C27H31N7O7S. The molecule has 0 spiro atoms. The number of nitrogens with two attached hydrogens (primary N) is 1. The highest BCUT2D eigenvalue weighted by Gasteiger charge is 2.22. The van der Waals surface area contributed by atoms with Gasteiger partial charge in [-0.3, -0.25) is 19.6 Å². The topological polar surface area (TPSA) is 182 Å². The van der Waals surface area contributed by atoms with Crippen LogP contribution in [0, 0.1) is 6.92 Å². The van der Waals surface area contributed by atoms with E-state index in [1.54, 1.807) is 33.7 Å². The molecule has 42 heavy (non-hydrogen) atoms. The number of amides is 3. The molecular weight excluding hydrogens is 566 g/mol. The number of anilines is 1. The molecule has 4 N–H and O–H groups in total. The molecule has 222 valence electrons. The van der Waals surface area contributed by atoms with Crippen molar-refractivity contribution in [2.24, 2.45) is 5.73 Å². The maximum absolute atomic E-state index is 13.2. The highest BCUT2D eigenvalue weighted by Crippen LogP contribution is 2.31. The molecule has 14 nitrogen and oxygen atoms in total. The molecule has 0 saturated heterocycles. The zero-order valence-electron chi connectivity index (χ0n) is 23.6. The van der Waals surface area contributed by atoms with Crippen molar-refractivity contribution in [3.8, 4) is 5.75 Å². The van der Waals surface area contributed by atoms with Gasteiger partial charge in [0, 0.05) is 30.8 Å². The minimum atomic E-state index is -0.659. The van der Waals surface area contributed by atoms with Crippen LogP contribution in [0.4, 0.5) is 10.7 Å². The third-order valence-electron chi connectivity index (χ3n) is 6.28. The second kappa shape index (κ2) is 13.2. The highest BCUT2D eigenvalue weighted by molar-refractivity contribution is 7.12. The Labute approximate surface area is 244 Å². The van der Waals surface area contributed by atoms with Gasteiger partial charge in [0.2, 0.25) is 11.9 Å². The molecule has 3 amide bonds. The monoisotopic (exact) mass is 597 g/mol. The molecule has 15 heteroatoms. The number of thiophene rings is 1. The zero-order valence-corrected chi connectivity index (χ0v) is 24.4. The first-order valence-corrected chi connectivity index (χ1v) is 13.8. The van der Waals surface area contributed by atoms with Gasteiger partial charge in [-0.1, -0.05) is 0 Å². The maximum Gasteiger partial charge on any atom is 0.407 e. The third-order valence-corrected chi connectivity index (χ3v) is 7.21. The predicted molar refractivity (Wildman–Crippen MR) is 154 cm³/mol. The number of benzene rings is 1. The van der Waals surface area contributed by atoms with E-state index in [9.17, 15) is 19.2 Å². The molecule has 3 aromatic heterocycles. The molecule has 0 unspecified atom stereocenters. The third kappa shape index (κ3) is 6.52. The number of carbonyl (C=O) groups is 4. The van der Waals surface area contributed by atoms with Crippen LogP contribution in [-0.4, -0.2) is 64.0 Å². The number of hydrogen-bond acceptors (Lipinski definition) is 10. The predicted octanol–water partition coefficient (Wildman–Crippen LogP) is 3.09. The summed E-state index contributed by atoms with van der Waals surface area (Å²) in [5, 5.41) is 11.6. The Morgan fingerprint density at radius 1 is 1.14 bits per heavy atom. The number of rotatable bonds is 12. The normalized spacial score (nSPS) is 10.9. The Morgan fingerprint density at radius 2 is 1.93 bits per heavy atom. The number of aromatic nitrogens is 4. The van der Waals surface area contributed by atoms with Crippen LogP contribution in [0.15, 0.2) is 29.6 Å². The first-order chi connectivity index (χ1) is 20.2. The average molecular weight is 598 g/mol. The Kier molecular flexibility index (Phi) is 9.42. The van der Waals surface area contributed by atoms with Crippen molar-refractivity contribution in [1.29, 1.82) is 0 Å². The summed E-state index contributed by atoms with van der Waals surface area (Å²) < 4.78 is 18.8. The molecule has 3 heterocycles. The summed E-state index contributed by atoms with van der Waals surface area (Å²) in [4.78, 5) is 54.2. The lowest BCUT2D eigenvalue weighted by Gasteiger charge is -2.13. The van der Waals surface area contributed by atoms with Crippen molar-refractivity contribution >= 4 is 52.2 Å². The number of hydrogen-bond donors (Lipinski definition) is 3. The van der Waals surface area contributed by atoms with E-state index >= 15 is 0 Å². The molecule has 0 fully saturated rings. The average Bonchev–Trinajstić information content (AvgIpc) is 3.69. The van der Waals surface area contributed by atoms with Crippen LogP contribution >= 0.6 is 11.3 Å². The van der Waals surface area contributed by atoms with Crippen molar-refractivity contribution < 1.29 is 33.4 Å². The zero-order chi connectivity index (χ0) is 30.4. The molecule has 0 saturated carbocycles. The summed E-state index contributed by atoms with van der Waals surface area (Å²) in [7, 11) is 2.74. The number of nitrogens with one attached hydrogen (secondary N) is 2. The highest BCUT2D eigenvalue weighted by atomic mass is 32.1. The van der Waals surface area contributed by atoms with Gasteiger partial charge in [0.15, 0.2) is 0 Å². The number of primary amides is 1. The van der Waals surface area contributed by atoms with Gasteiger partial charge in [0.05, 0.1) is 25.4 Å². The van der Waals surface area contributed by atoms with E-state index in [1.165, 1.54) is 37.7 Å². The van der Waals surface area contributed by atoms with Gasteiger partial charge >= 0.3 is 12.1 Å². The van der Waals surface area contributed by atoms with Crippen molar-refractivity contribution in [3.63, 3.8) is 0 Å². The molecule has 0 aliphatic rings. The summed E-state index contributed by atoms with van der Waals surface area (Å²) in [5.41, 5.74) is 8.23. The SMILES string of the molecule is CCn1nc(C)cc1C(=O)Nc1nc2cc(C(N)=O)cc(OC)c2n1CCCNC(=O)OCc1ccsc1C(=O)OC. The van der Waals surface area contributed by atoms with E-state index in [-0.39, 0.29) is 24.7 Å². The lowest BCUT2D eigenvalue weighted by atomic mass is 10.1.